The van der Waals surface area contributed by atoms with Crippen molar-refractivity contribution in [2.24, 2.45) is 5.14 Å². The predicted octanol–water partition coefficient (Wildman–Crippen LogP) is 2.30. The quantitative estimate of drug-likeness (QED) is 0.587. The number of primary sulfonamides is 1. The number of halogens is 1. The third-order valence-corrected chi connectivity index (χ3v) is 5.51. The number of rotatable bonds is 6. The number of carbonyl (C=O) groups excluding carboxylic acids is 1. The smallest absolute Gasteiger partial charge is 0.238 e. The molecule has 0 saturated heterocycles. The lowest BCUT2D eigenvalue weighted by molar-refractivity contribution is -0.113. The highest BCUT2D eigenvalue weighted by Crippen LogP contribution is 2.22. The lowest BCUT2D eigenvalue weighted by Crippen LogP contribution is -2.15. The Bertz CT molecular complexity index is 1070. The maximum absolute atomic E-state index is 12.1. The van der Waals surface area contributed by atoms with Crippen molar-refractivity contribution in [3.63, 3.8) is 0 Å². The highest BCUT2D eigenvalue weighted by molar-refractivity contribution is 7.99. The molecule has 3 aromatic rings. The number of hydrogen-bond donors (Lipinski definition) is 2. The summed E-state index contributed by atoms with van der Waals surface area (Å²) < 4.78 is 24.2. The van der Waals surface area contributed by atoms with Crippen molar-refractivity contribution in [2.45, 2.75) is 10.1 Å². The van der Waals surface area contributed by atoms with Crippen LogP contribution < -0.4 is 10.5 Å². The summed E-state index contributed by atoms with van der Waals surface area (Å²) in [5, 5.41) is 16.7. The summed E-state index contributed by atoms with van der Waals surface area (Å²) in [5.41, 5.74) is 1.25. The van der Waals surface area contributed by atoms with E-state index in [-0.39, 0.29) is 16.6 Å². The van der Waals surface area contributed by atoms with Crippen molar-refractivity contribution in [3.05, 3.63) is 59.9 Å². The number of nitrogens with one attached hydrogen (secondary N) is 1. The average Bonchev–Trinajstić information content (AvgIpc) is 3.08. The summed E-state index contributed by atoms with van der Waals surface area (Å²) in [6.07, 6.45) is 1.54. The van der Waals surface area contributed by atoms with Crippen molar-refractivity contribution in [3.8, 4) is 5.69 Å². The fourth-order valence-electron chi connectivity index (χ4n) is 2.18. The predicted molar refractivity (Wildman–Crippen MR) is 104 cm³/mol. The standard InChI is InChI=1S/C16H14ClN5O3S2/c17-11-2-1-3-13(8-11)22-10-19-21-16(22)26-9-15(23)20-12-4-6-14(7-5-12)27(18,24)25/h1-8,10H,9H2,(H,20,23)(H2,18,24,25). The summed E-state index contributed by atoms with van der Waals surface area (Å²) in [6.45, 7) is 0. The first kappa shape index (κ1) is 19.4. The Balaban J connectivity index is 1.63. The Hall–Kier alpha value is -2.40. The number of nitrogens with zero attached hydrogens (tertiary/aromatic N) is 3. The van der Waals surface area contributed by atoms with Crippen LogP contribution in [0.15, 0.2) is 64.9 Å². The van der Waals surface area contributed by atoms with E-state index in [1.54, 1.807) is 16.7 Å². The Kier molecular flexibility index (Phi) is 5.80. The zero-order valence-corrected chi connectivity index (χ0v) is 16.1. The van der Waals surface area contributed by atoms with Crippen LogP contribution in [0.25, 0.3) is 5.69 Å². The van der Waals surface area contributed by atoms with Gasteiger partial charge in [0.05, 0.1) is 16.3 Å². The Labute approximate surface area is 164 Å². The third-order valence-electron chi connectivity index (χ3n) is 3.40. The minimum Gasteiger partial charge on any atom is -0.325 e. The van der Waals surface area contributed by atoms with Gasteiger partial charge in [0.15, 0.2) is 5.16 Å². The van der Waals surface area contributed by atoms with Crippen LogP contribution in [-0.4, -0.2) is 34.8 Å². The molecule has 8 nitrogen and oxygen atoms in total. The maximum Gasteiger partial charge on any atom is 0.238 e. The van der Waals surface area contributed by atoms with Gasteiger partial charge in [0.25, 0.3) is 0 Å². The maximum atomic E-state index is 12.1. The van der Waals surface area contributed by atoms with Gasteiger partial charge in [-0.2, -0.15) is 0 Å². The second-order valence-electron chi connectivity index (χ2n) is 5.37. The van der Waals surface area contributed by atoms with Crippen LogP contribution in [0.5, 0.6) is 0 Å². The number of sulfonamides is 1. The fourth-order valence-corrected chi connectivity index (χ4v) is 3.61. The van der Waals surface area contributed by atoms with Crippen molar-refractivity contribution >= 4 is 45.0 Å². The van der Waals surface area contributed by atoms with Crippen LogP contribution in [0, 0.1) is 0 Å². The van der Waals surface area contributed by atoms with Gasteiger partial charge in [-0.1, -0.05) is 29.4 Å². The van der Waals surface area contributed by atoms with Gasteiger partial charge in [-0.3, -0.25) is 9.36 Å². The van der Waals surface area contributed by atoms with E-state index in [0.717, 1.165) is 5.69 Å². The molecule has 0 bridgehead atoms. The van der Waals surface area contributed by atoms with Crippen molar-refractivity contribution in [1.29, 1.82) is 0 Å². The lowest BCUT2D eigenvalue weighted by Gasteiger charge is -2.08. The van der Waals surface area contributed by atoms with Crippen LogP contribution in [0.2, 0.25) is 5.02 Å². The zero-order valence-electron chi connectivity index (χ0n) is 13.7. The second-order valence-corrected chi connectivity index (χ2v) is 8.31. The summed E-state index contributed by atoms with van der Waals surface area (Å²) >= 11 is 7.21. The Morgan fingerprint density at radius 2 is 1.96 bits per heavy atom. The van der Waals surface area contributed by atoms with E-state index in [1.165, 1.54) is 42.4 Å². The SMILES string of the molecule is NS(=O)(=O)c1ccc(NC(=O)CSc2nncn2-c2cccc(Cl)c2)cc1. The van der Waals surface area contributed by atoms with E-state index in [0.29, 0.717) is 15.9 Å². The molecule has 0 fully saturated rings. The molecule has 3 rings (SSSR count). The van der Waals surface area contributed by atoms with Crippen molar-refractivity contribution in [1.82, 2.24) is 14.8 Å². The molecule has 1 aromatic heterocycles. The first-order valence-electron chi connectivity index (χ1n) is 7.54. The summed E-state index contributed by atoms with van der Waals surface area (Å²) in [4.78, 5) is 12.1. The number of carbonyl (C=O) groups is 1. The summed E-state index contributed by atoms with van der Waals surface area (Å²) in [5.74, 6) is -0.181. The lowest BCUT2D eigenvalue weighted by atomic mass is 10.3. The molecule has 1 amide bonds. The third kappa shape index (κ3) is 5.07. The molecule has 1 heterocycles. The first-order valence-corrected chi connectivity index (χ1v) is 10.5. The van der Waals surface area contributed by atoms with E-state index in [2.05, 4.69) is 15.5 Å². The van der Waals surface area contributed by atoms with Crippen LogP contribution in [0.4, 0.5) is 5.69 Å². The average molecular weight is 424 g/mol. The first-order chi connectivity index (χ1) is 12.8. The number of thioether (sulfide) groups is 1. The number of aromatic nitrogens is 3. The zero-order chi connectivity index (χ0) is 19.4. The molecular weight excluding hydrogens is 410 g/mol. The summed E-state index contributed by atoms with van der Waals surface area (Å²) in [7, 11) is -3.77. The normalized spacial score (nSPS) is 11.3. The largest absolute Gasteiger partial charge is 0.325 e. The molecule has 0 unspecified atom stereocenters. The van der Waals surface area contributed by atoms with Gasteiger partial charge in [-0.25, -0.2) is 13.6 Å². The van der Waals surface area contributed by atoms with E-state index in [4.69, 9.17) is 16.7 Å². The van der Waals surface area contributed by atoms with Gasteiger partial charge >= 0.3 is 0 Å². The molecule has 140 valence electrons. The van der Waals surface area contributed by atoms with Crippen LogP contribution in [-0.2, 0) is 14.8 Å². The molecule has 2 aromatic carbocycles. The molecule has 0 aliphatic carbocycles. The van der Waals surface area contributed by atoms with E-state index >= 15 is 0 Å². The van der Waals surface area contributed by atoms with Crippen LogP contribution >= 0.6 is 23.4 Å². The molecule has 0 spiro atoms. The van der Waals surface area contributed by atoms with E-state index in [9.17, 15) is 13.2 Å². The molecule has 0 aliphatic heterocycles. The highest BCUT2D eigenvalue weighted by Gasteiger charge is 2.12. The van der Waals surface area contributed by atoms with Crippen molar-refractivity contribution < 1.29 is 13.2 Å². The van der Waals surface area contributed by atoms with Gasteiger partial charge in [-0.15, -0.1) is 10.2 Å². The van der Waals surface area contributed by atoms with Gasteiger partial charge in [0.2, 0.25) is 15.9 Å². The fraction of sp³-hybridized carbons (Fsp3) is 0.0625. The monoisotopic (exact) mass is 423 g/mol. The van der Waals surface area contributed by atoms with Gasteiger partial charge in [-0.05, 0) is 42.5 Å². The minimum atomic E-state index is -3.77. The number of hydrogen-bond acceptors (Lipinski definition) is 6. The minimum absolute atomic E-state index is 0.0236. The molecule has 0 saturated carbocycles. The Morgan fingerprint density at radius 3 is 2.63 bits per heavy atom. The second kappa shape index (κ2) is 8.09. The van der Waals surface area contributed by atoms with Crippen LogP contribution in [0.1, 0.15) is 0 Å². The van der Waals surface area contributed by atoms with E-state index in [1.807, 2.05) is 12.1 Å². The molecule has 0 aliphatic rings. The highest BCUT2D eigenvalue weighted by atomic mass is 35.5. The number of benzene rings is 2. The Morgan fingerprint density at radius 1 is 1.22 bits per heavy atom. The van der Waals surface area contributed by atoms with Gasteiger partial charge in [0.1, 0.15) is 6.33 Å². The van der Waals surface area contributed by atoms with Crippen molar-refractivity contribution in [2.75, 3.05) is 11.1 Å². The molecule has 11 heteroatoms. The molecule has 3 N–H and O–H groups in total. The molecular formula is C16H14ClN5O3S2. The number of anilines is 1. The number of amides is 1. The number of nitrogens with two attached hydrogens (primary N) is 1. The molecule has 27 heavy (non-hydrogen) atoms. The molecule has 0 radical (unpaired) electrons. The van der Waals surface area contributed by atoms with Gasteiger partial charge < -0.3 is 5.32 Å². The summed E-state index contributed by atoms with van der Waals surface area (Å²) in [6, 6.07) is 12.8. The van der Waals surface area contributed by atoms with E-state index < -0.39 is 10.0 Å². The van der Waals surface area contributed by atoms with Crippen LogP contribution in [0.3, 0.4) is 0 Å². The molecule has 0 atom stereocenters. The topological polar surface area (TPSA) is 120 Å². The van der Waals surface area contributed by atoms with Gasteiger partial charge in [0, 0.05) is 10.7 Å².